The van der Waals surface area contributed by atoms with Gasteiger partial charge in [-0.05, 0) is 47.4 Å². The van der Waals surface area contributed by atoms with E-state index in [4.69, 9.17) is 4.74 Å². The van der Waals surface area contributed by atoms with Crippen molar-refractivity contribution in [1.82, 2.24) is 5.32 Å². The number of rotatable bonds is 5. The molecule has 1 fully saturated rings. The van der Waals surface area contributed by atoms with E-state index >= 15 is 0 Å². The third kappa shape index (κ3) is 3.34. The normalized spacial score (nSPS) is 21.3. The average Bonchev–Trinajstić information content (AvgIpc) is 3.21. The van der Waals surface area contributed by atoms with E-state index in [1.54, 1.807) is 0 Å². The molecule has 0 aliphatic heterocycles. The first-order chi connectivity index (χ1) is 12.7. The molecule has 2 aliphatic rings. The molecule has 2 aliphatic carbocycles. The van der Waals surface area contributed by atoms with Gasteiger partial charge in [-0.1, -0.05) is 55.0 Å². The van der Waals surface area contributed by atoms with Crippen molar-refractivity contribution < 1.29 is 14.6 Å². The number of aliphatic hydroxyl groups excluding tert-OH is 1. The molecule has 1 amide bonds. The Balaban J connectivity index is 1.33. The minimum absolute atomic E-state index is 0.0878. The zero-order chi connectivity index (χ0) is 17.9. The lowest BCUT2D eigenvalue weighted by Crippen LogP contribution is -2.29. The maximum absolute atomic E-state index is 12.1. The van der Waals surface area contributed by atoms with Gasteiger partial charge in [0, 0.05) is 12.5 Å². The standard InChI is InChI=1S/C22H25NO3/c24-21-11-5-6-15(21)12-13-23-22(25)26-14-20-18-9-3-1-7-16(18)17-8-2-4-10-19(17)20/h1-4,7-10,15,20-21,24H,5-6,11-14H2,(H,23,25)/t15-,21-/m1/s1. The molecule has 136 valence electrons. The summed E-state index contributed by atoms with van der Waals surface area (Å²) in [4.78, 5) is 12.1. The summed E-state index contributed by atoms with van der Waals surface area (Å²) >= 11 is 0. The molecule has 0 aromatic heterocycles. The topological polar surface area (TPSA) is 58.6 Å². The van der Waals surface area contributed by atoms with Crippen LogP contribution in [0.2, 0.25) is 0 Å². The van der Waals surface area contributed by atoms with Crippen LogP contribution in [0.15, 0.2) is 48.5 Å². The van der Waals surface area contributed by atoms with E-state index < -0.39 is 0 Å². The summed E-state index contributed by atoms with van der Waals surface area (Å²) in [5.41, 5.74) is 4.89. The molecule has 4 rings (SSSR count). The predicted octanol–water partition coefficient (Wildman–Crippen LogP) is 4.08. The molecule has 0 unspecified atom stereocenters. The maximum atomic E-state index is 12.1. The van der Waals surface area contributed by atoms with Crippen LogP contribution in [0.5, 0.6) is 0 Å². The zero-order valence-corrected chi connectivity index (χ0v) is 14.9. The van der Waals surface area contributed by atoms with E-state index in [1.807, 2.05) is 24.3 Å². The second-order valence-electron chi connectivity index (χ2n) is 7.30. The molecule has 2 aromatic carbocycles. The molecule has 2 atom stereocenters. The molecular weight excluding hydrogens is 326 g/mol. The molecule has 0 spiro atoms. The van der Waals surface area contributed by atoms with Gasteiger partial charge in [0.2, 0.25) is 0 Å². The highest BCUT2D eigenvalue weighted by Crippen LogP contribution is 2.44. The van der Waals surface area contributed by atoms with E-state index in [1.165, 1.54) is 22.3 Å². The summed E-state index contributed by atoms with van der Waals surface area (Å²) in [5, 5.41) is 12.7. The minimum atomic E-state index is -0.376. The van der Waals surface area contributed by atoms with Gasteiger partial charge in [0.25, 0.3) is 0 Å². The largest absolute Gasteiger partial charge is 0.449 e. The van der Waals surface area contributed by atoms with Crippen LogP contribution in [-0.4, -0.2) is 30.5 Å². The molecule has 0 heterocycles. The molecule has 0 bridgehead atoms. The van der Waals surface area contributed by atoms with Gasteiger partial charge in [-0.2, -0.15) is 0 Å². The van der Waals surface area contributed by atoms with E-state index in [0.29, 0.717) is 19.1 Å². The Hall–Kier alpha value is -2.33. The van der Waals surface area contributed by atoms with E-state index in [-0.39, 0.29) is 18.1 Å². The third-order valence-corrected chi connectivity index (χ3v) is 5.75. The number of aliphatic hydroxyl groups is 1. The fraction of sp³-hybridized carbons (Fsp3) is 0.409. The molecule has 0 saturated heterocycles. The van der Waals surface area contributed by atoms with Crippen molar-refractivity contribution >= 4 is 6.09 Å². The van der Waals surface area contributed by atoms with Crippen molar-refractivity contribution in [2.24, 2.45) is 5.92 Å². The number of carbonyl (C=O) groups is 1. The van der Waals surface area contributed by atoms with Gasteiger partial charge in [-0.3, -0.25) is 0 Å². The highest BCUT2D eigenvalue weighted by atomic mass is 16.5. The Morgan fingerprint density at radius 3 is 2.31 bits per heavy atom. The summed E-state index contributed by atoms with van der Waals surface area (Å²) in [5.74, 6) is 0.397. The van der Waals surface area contributed by atoms with Crippen molar-refractivity contribution in [3.63, 3.8) is 0 Å². The predicted molar refractivity (Wildman–Crippen MR) is 101 cm³/mol. The number of benzene rings is 2. The first kappa shape index (κ1) is 17.1. The number of alkyl carbamates (subject to hydrolysis) is 1. The summed E-state index contributed by atoms with van der Waals surface area (Å²) in [6, 6.07) is 16.6. The number of ether oxygens (including phenoxy) is 1. The Morgan fingerprint density at radius 1 is 1.04 bits per heavy atom. The van der Waals surface area contributed by atoms with Crippen LogP contribution in [0.3, 0.4) is 0 Å². The van der Waals surface area contributed by atoms with Crippen molar-refractivity contribution in [2.45, 2.75) is 37.7 Å². The van der Waals surface area contributed by atoms with Crippen LogP contribution in [0, 0.1) is 5.92 Å². The summed E-state index contributed by atoms with van der Waals surface area (Å²) < 4.78 is 5.52. The quantitative estimate of drug-likeness (QED) is 0.853. The van der Waals surface area contributed by atoms with Gasteiger partial charge < -0.3 is 15.2 Å². The van der Waals surface area contributed by atoms with Crippen molar-refractivity contribution in [3.05, 3.63) is 59.7 Å². The molecule has 1 saturated carbocycles. The molecule has 2 N–H and O–H groups in total. The Labute approximate surface area is 154 Å². The van der Waals surface area contributed by atoms with Crippen LogP contribution in [-0.2, 0) is 4.74 Å². The highest BCUT2D eigenvalue weighted by molar-refractivity contribution is 5.79. The van der Waals surface area contributed by atoms with E-state index in [0.717, 1.165) is 25.7 Å². The summed E-state index contributed by atoms with van der Waals surface area (Å²) in [6.07, 6.45) is 3.24. The molecule has 2 aromatic rings. The Kier molecular flexibility index (Phi) is 4.93. The summed E-state index contributed by atoms with van der Waals surface area (Å²) in [7, 11) is 0. The zero-order valence-electron chi connectivity index (χ0n) is 14.9. The molecule has 26 heavy (non-hydrogen) atoms. The SMILES string of the molecule is O=C(NCC[C@H]1CCC[C@H]1O)OCC1c2ccccc2-c2ccccc21. The smallest absolute Gasteiger partial charge is 0.407 e. The fourth-order valence-electron chi connectivity index (χ4n) is 4.36. The lowest BCUT2D eigenvalue weighted by Gasteiger charge is -2.16. The van der Waals surface area contributed by atoms with Crippen LogP contribution in [0.1, 0.15) is 42.7 Å². The second-order valence-corrected chi connectivity index (χ2v) is 7.30. The molecule has 4 heteroatoms. The second kappa shape index (κ2) is 7.50. The fourth-order valence-corrected chi connectivity index (χ4v) is 4.36. The number of amides is 1. The van der Waals surface area contributed by atoms with Crippen LogP contribution >= 0.6 is 0 Å². The minimum Gasteiger partial charge on any atom is -0.449 e. The van der Waals surface area contributed by atoms with Gasteiger partial charge in [-0.15, -0.1) is 0 Å². The third-order valence-electron chi connectivity index (χ3n) is 5.75. The maximum Gasteiger partial charge on any atom is 0.407 e. The van der Waals surface area contributed by atoms with Gasteiger partial charge in [-0.25, -0.2) is 4.79 Å². The number of fused-ring (bicyclic) bond motifs is 3. The van der Waals surface area contributed by atoms with Gasteiger partial charge in [0.15, 0.2) is 0 Å². The van der Waals surface area contributed by atoms with Gasteiger partial charge >= 0.3 is 6.09 Å². The van der Waals surface area contributed by atoms with Crippen molar-refractivity contribution in [3.8, 4) is 11.1 Å². The van der Waals surface area contributed by atoms with Crippen molar-refractivity contribution in [1.29, 1.82) is 0 Å². The number of hydrogen-bond donors (Lipinski definition) is 2. The van der Waals surface area contributed by atoms with Crippen LogP contribution in [0.25, 0.3) is 11.1 Å². The number of nitrogens with one attached hydrogen (secondary N) is 1. The van der Waals surface area contributed by atoms with Crippen LogP contribution < -0.4 is 5.32 Å². The van der Waals surface area contributed by atoms with E-state index in [9.17, 15) is 9.90 Å². The molecule has 0 radical (unpaired) electrons. The number of hydrogen-bond acceptors (Lipinski definition) is 3. The first-order valence-electron chi connectivity index (χ1n) is 9.51. The first-order valence-corrected chi connectivity index (χ1v) is 9.51. The lowest BCUT2D eigenvalue weighted by molar-refractivity contribution is 0.123. The van der Waals surface area contributed by atoms with Gasteiger partial charge in [0.1, 0.15) is 6.61 Å². The monoisotopic (exact) mass is 351 g/mol. The lowest BCUT2D eigenvalue weighted by atomic mass is 9.98. The molecular formula is C22H25NO3. The number of carbonyl (C=O) groups excluding carboxylic acids is 1. The highest BCUT2D eigenvalue weighted by Gasteiger charge is 2.29. The molecule has 4 nitrogen and oxygen atoms in total. The summed E-state index contributed by atoms with van der Waals surface area (Å²) in [6.45, 7) is 0.893. The Morgan fingerprint density at radius 2 is 1.69 bits per heavy atom. The van der Waals surface area contributed by atoms with Gasteiger partial charge in [0.05, 0.1) is 6.10 Å². The average molecular weight is 351 g/mol. The van der Waals surface area contributed by atoms with Crippen molar-refractivity contribution in [2.75, 3.05) is 13.2 Å². The Bertz CT molecular complexity index is 743. The van der Waals surface area contributed by atoms with Crippen LogP contribution in [0.4, 0.5) is 4.79 Å². The van der Waals surface area contributed by atoms with E-state index in [2.05, 4.69) is 29.6 Å².